The number of nitrogens with zero attached hydrogens (tertiary/aromatic N) is 1. The maximum Gasteiger partial charge on any atom is 0.248 e. The predicted molar refractivity (Wildman–Crippen MR) is 110 cm³/mol. The minimum absolute atomic E-state index is 0.246. The van der Waals surface area contributed by atoms with Crippen LogP contribution in [0.5, 0.6) is 17.2 Å². The van der Waals surface area contributed by atoms with E-state index in [0.717, 1.165) is 27.8 Å². The molecule has 0 spiro atoms. The molecule has 0 fully saturated rings. The highest BCUT2D eigenvalue weighted by molar-refractivity contribution is 6.07. The summed E-state index contributed by atoms with van der Waals surface area (Å²) in [6.07, 6.45) is 3.15. The summed E-state index contributed by atoms with van der Waals surface area (Å²) < 4.78 is 16.0. The molecule has 1 amide bonds. The minimum Gasteiger partial charge on any atom is -0.493 e. The van der Waals surface area contributed by atoms with Gasteiger partial charge in [0.2, 0.25) is 11.7 Å². The van der Waals surface area contributed by atoms with Crippen LogP contribution in [0.25, 0.3) is 17.0 Å². The highest BCUT2D eigenvalue weighted by atomic mass is 16.5. The van der Waals surface area contributed by atoms with Crippen LogP contribution >= 0.6 is 0 Å². The Kier molecular flexibility index (Phi) is 5.79. The van der Waals surface area contributed by atoms with Gasteiger partial charge in [0, 0.05) is 17.2 Å². The van der Waals surface area contributed by atoms with Crippen molar-refractivity contribution in [1.29, 1.82) is 0 Å². The Labute approximate surface area is 163 Å². The standard InChI is InChI=1S/C22H22N2O4/c1-14-11-18(16-7-5-6-8-17(16)23-14)24-21(25)10-9-15-12-19(26-2)22(28-4)20(13-15)27-3/h5-13H,1-4H3,(H,23,24,25). The molecule has 0 saturated heterocycles. The van der Waals surface area contributed by atoms with E-state index in [4.69, 9.17) is 14.2 Å². The first-order chi connectivity index (χ1) is 13.5. The SMILES string of the molecule is COc1cc(C=CC(=O)Nc2cc(C)nc3ccccc23)cc(OC)c1OC. The van der Waals surface area contributed by atoms with Crippen LogP contribution in [0.4, 0.5) is 5.69 Å². The van der Waals surface area contributed by atoms with Crippen molar-refractivity contribution in [3.8, 4) is 17.2 Å². The van der Waals surface area contributed by atoms with E-state index in [2.05, 4.69) is 10.3 Å². The second-order valence-electron chi connectivity index (χ2n) is 6.11. The monoisotopic (exact) mass is 378 g/mol. The number of rotatable bonds is 6. The van der Waals surface area contributed by atoms with Crippen molar-refractivity contribution >= 4 is 28.6 Å². The van der Waals surface area contributed by atoms with E-state index < -0.39 is 0 Å². The molecule has 3 aromatic rings. The molecule has 0 radical (unpaired) electrons. The van der Waals surface area contributed by atoms with Gasteiger partial charge in [0.25, 0.3) is 0 Å². The zero-order chi connectivity index (χ0) is 20.1. The first-order valence-corrected chi connectivity index (χ1v) is 8.71. The third kappa shape index (κ3) is 4.06. The van der Waals surface area contributed by atoms with Crippen molar-refractivity contribution in [2.45, 2.75) is 6.92 Å². The first-order valence-electron chi connectivity index (χ1n) is 8.71. The number of nitrogens with one attached hydrogen (secondary N) is 1. The molecule has 2 aromatic carbocycles. The number of hydrogen-bond acceptors (Lipinski definition) is 5. The number of carbonyl (C=O) groups is 1. The minimum atomic E-state index is -0.246. The summed E-state index contributed by atoms with van der Waals surface area (Å²) in [5, 5.41) is 3.81. The number of ether oxygens (including phenoxy) is 3. The number of hydrogen-bond donors (Lipinski definition) is 1. The fraction of sp³-hybridized carbons (Fsp3) is 0.182. The van der Waals surface area contributed by atoms with Gasteiger partial charge in [0.15, 0.2) is 11.5 Å². The molecule has 0 saturated carbocycles. The number of fused-ring (bicyclic) bond motifs is 1. The van der Waals surface area contributed by atoms with E-state index in [1.54, 1.807) is 39.5 Å². The number of anilines is 1. The molecule has 1 N–H and O–H groups in total. The van der Waals surface area contributed by atoms with Crippen LogP contribution < -0.4 is 19.5 Å². The van der Waals surface area contributed by atoms with Gasteiger partial charge in [-0.05, 0) is 42.8 Å². The van der Waals surface area contributed by atoms with Crippen molar-refractivity contribution in [1.82, 2.24) is 4.98 Å². The zero-order valence-corrected chi connectivity index (χ0v) is 16.3. The van der Waals surface area contributed by atoms with Gasteiger partial charge in [0.05, 0.1) is 32.5 Å². The molecule has 6 heteroatoms. The maximum atomic E-state index is 12.5. The van der Waals surface area contributed by atoms with Crippen molar-refractivity contribution in [2.24, 2.45) is 0 Å². The Balaban J connectivity index is 1.85. The number of methoxy groups -OCH3 is 3. The van der Waals surface area contributed by atoms with E-state index in [1.165, 1.54) is 6.08 Å². The largest absolute Gasteiger partial charge is 0.493 e. The van der Waals surface area contributed by atoms with Crippen LogP contribution in [0.15, 0.2) is 48.5 Å². The van der Waals surface area contributed by atoms with Gasteiger partial charge in [-0.2, -0.15) is 0 Å². The number of carbonyl (C=O) groups excluding carboxylic acids is 1. The molecule has 0 aliphatic rings. The number of aromatic nitrogens is 1. The van der Waals surface area contributed by atoms with Crippen LogP contribution in [0.1, 0.15) is 11.3 Å². The fourth-order valence-electron chi connectivity index (χ4n) is 2.96. The molecule has 3 rings (SSSR count). The second kappa shape index (κ2) is 8.43. The van der Waals surface area contributed by atoms with Gasteiger partial charge >= 0.3 is 0 Å². The molecule has 0 unspecified atom stereocenters. The lowest BCUT2D eigenvalue weighted by atomic mass is 10.1. The van der Waals surface area contributed by atoms with Crippen molar-refractivity contribution in [3.63, 3.8) is 0 Å². The maximum absolute atomic E-state index is 12.5. The summed E-state index contributed by atoms with van der Waals surface area (Å²) in [4.78, 5) is 17.0. The molecule has 0 aliphatic heterocycles. The Morgan fingerprint density at radius 1 is 1.00 bits per heavy atom. The Morgan fingerprint density at radius 3 is 2.32 bits per heavy atom. The number of para-hydroxylation sites is 1. The van der Waals surface area contributed by atoms with Gasteiger partial charge in [-0.25, -0.2) is 0 Å². The van der Waals surface area contributed by atoms with Gasteiger partial charge in [-0.1, -0.05) is 18.2 Å². The normalized spacial score (nSPS) is 10.9. The van der Waals surface area contributed by atoms with Crippen LogP contribution in [-0.4, -0.2) is 32.2 Å². The van der Waals surface area contributed by atoms with Crippen LogP contribution in [-0.2, 0) is 4.79 Å². The molecule has 28 heavy (non-hydrogen) atoms. The van der Waals surface area contributed by atoms with E-state index in [1.807, 2.05) is 37.3 Å². The van der Waals surface area contributed by atoms with E-state index in [-0.39, 0.29) is 5.91 Å². The zero-order valence-electron chi connectivity index (χ0n) is 16.3. The molecule has 1 heterocycles. The van der Waals surface area contributed by atoms with Crippen LogP contribution in [0, 0.1) is 6.92 Å². The van der Waals surface area contributed by atoms with E-state index >= 15 is 0 Å². The average Bonchev–Trinajstić information content (AvgIpc) is 2.71. The molecule has 6 nitrogen and oxygen atoms in total. The second-order valence-corrected chi connectivity index (χ2v) is 6.11. The van der Waals surface area contributed by atoms with Crippen molar-refractivity contribution < 1.29 is 19.0 Å². The van der Waals surface area contributed by atoms with Crippen molar-refractivity contribution in [2.75, 3.05) is 26.6 Å². The number of benzene rings is 2. The van der Waals surface area contributed by atoms with Gasteiger partial charge in [-0.15, -0.1) is 0 Å². The fourth-order valence-corrected chi connectivity index (χ4v) is 2.96. The average molecular weight is 378 g/mol. The van der Waals surface area contributed by atoms with Crippen LogP contribution in [0.3, 0.4) is 0 Å². The topological polar surface area (TPSA) is 69.7 Å². The molecule has 0 bridgehead atoms. The summed E-state index contributed by atoms with van der Waals surface area (Å²) in [5.74, 6) is 1.31. The van der Waals surface area contributed by atoms with Gasteiger partial charge in [0.1, 0.15) is 0 Å². The lowest BCUT2D eigenvalue weighted by Gasteiger charge is -2.12. The third-order valence-corrected chi connectivity index (χ3v) is 4.22. The quantitative estimate of drug-likeness (QED) is 0.651. The van der Waals surface area contributed by atoms with Gasteiger partial charge < -0.3 is 19.5 Å². The highest BCUT2D eigenvalue weighted by Crippen LogP contribution is 2.38. The number of pyridine rings is 1. The lowest BCUT2D eigenvalue weighted by Crippen LogP contribution is -2.08. The summed E-state index contributed by atoms with van der Waals surface area (Å²) in [6.45, 7) is 1.90. The van der Waals surface area contributed by atoms with Gasteiger partial charge in [-0.3, -0.25) is 9.78 Å². The summed E-state index contributed by atoms with van der Waals surface area (Å²) in [7, 11) is 4.65. The Bertz CT molecular complexity index is 1020. The van der Waals surface area contributed by atoms with Crippen molar-refractivity contribution in [3.05, 3.63) is 59.8 Å². The molecular weight excluding hydrogens is 356 g/mol. The molecule has 0 aliphatic carbocycles. The summed E-state index contributed by atoms with van der Waals surface area (Å²) in [6, 6.07) is 13.1. The molecule has 144 valence electrons. The molecular formula is C22H22N2O4. The highest BCUT2D eigenvalue weighted by Gasteiger charge is 2.12. The Morgan fingerprint density at radius 2 is 1.68 bits per heavy atom. The summed E-state index contributed by atoms with van der Waals surface area (Å²) >= 11 is 0. The first kappa shape index (κ1) is 19.2. The third-order valence-electron chi connectivity index (χ3n) is 4.22. The number of aryl methyl sites for hydroxylation is 1. The lowest BCUT2D eigenvalue weighted by molar-refractivity contribution is -0.111. The van der Waals surface area contributed by atoms with Crippen LogP contribution in [0.2, 0.25) is 0 Å². The van der Waals surface area contributed by atoms with E-state index in [9.17, 15) is 4.79 Å². The molecule has 1 aromatic heterocycles. The Hall–Kier alpha value is -3.54. The summed E-state index contributed by atoms with van der Waals surface area (Å²) in [5.41, 5.74) is 3.15. The molecule has 0 atom stereocenters. The van der Waals surface area contributed by atoms with E-state index in [0.29, 0.717) is 17.2 Å². The predicted octanol–water partition coefficient (Wildman–Crippen LogP) is 4.22. The number of amides is 1. The smallest absolute Gasteiger partial charge is 0.248 e.